The van der Waals surface area contributed by atoms with Crippen molar-refractivity contribution in [3.8, 4) is 5.69 Å². The molecule has 0 radical (unpaired) electrons. The number of nitrogens with one attached hydrogen (secondary N) is 1. The summed E-state index contributed by atoms with van der Waals surface area (Å²) in [5.41, 5.74) is 5.52. The molecule has 0 saturated carbocycles. The summed E-state index contributed by atoms with van der Waals surface area (Å²) in [6.07, 6.45) is 1.81. The molecule has 33 heavy (non-hydrogen) atoms. The topological polar surface area (TPSA) is 73.6 Å². The lowest BCUT2D eigenvalue weighted by atomic mass is 9.96. The number of aromatic nitrogens is 2. The molecule has 1 aliphatic rings. The molecule has 0 aliphatic carbocycles. The minimum absolute atomic E-state index is 0.00871. The number of benzene rings is 1. The average molecular weight is 464 g/mol. The fourth-order valence-electron chi connectivity index (χ4n) is 4.53. The van der Waals surface area contributed by atoms with Gasteiger partial charge in [-0.2, -0.15) is 0 Å². The summed E-state index contributed by atoms with van der Waals surface area (Å²) in [5, 5.41) is 13.5. The standard InChI is InChI=1S/C25H29N5O2S/c1-16-15-20(17(2)30(16)19-10-8-18(9-11-19)24(31)32)23-22(21-7-5-6-12-26-21)27-25(33)29(23)14-13-28(3)4/h5-12,15,22-23H,13-14H2,1-4H3,(H,27,33)(H,31,32)/t22-,23-/m1/s1. The number of rotatable bonds is 7. The van der Waals surface area contributed by atoms with E-state index in [1.165, 1.54) is 5.56 Å². The number of hydrogen-bond donors (Lipinski definition) is 2. The molecule has 1 aliphatic heterocycles. The third-order valence-corrected chi connectivity index (χ3v) is 6.50. The van der Waals surface area contributed by atoms with Crippen molar-refractivity contribution in [2.45, 2.75) is 25.9 Å². The Labute approximate surface area is 199 Å². The van der Waals surface area contributed by atoms with Crippen molar-refractivity contribution in [1.29, 1.82) is 0 Å². The van der Waals surface area contributed by atoms with Crippen LogP contribution in [0, 0.1) is 13.8 Å². The molecule has 0 unspecified atom stereocenters. The van der Waals surface area contributed by atoms with Crippen molar-refractivity contribution in [3.63, 3.8) is 0 Å². The van der Waals surface area contributed by atoms with Crippen LogP contribution < -0.4 is 5.32 Å². The zero-order valence-electron chi connectivity index (χ0n) is 19.3. The van der Waals surface area contributed by atoms with Gasteiger partial charge in [-0.25, -0.2) is 4.79 Å². The Morgan fingerprint density at radius 3 is 2.52 bits per heavy atom. The predicted molar refractivity (Wildman–Crippen MR) is 133 cm³/mol. The number of thiocarbonyl (C=S) groups is 1. The van der Waals surface area contributed by atoms with Gasteiger partial charge in [-0.3, -0.25) is 4.98 Å². The predicted octanol–water partition coefficient (Wildman–Crippen LogP) is 3.72. The van der Waals surface area contributed by atoms with Gasteiger partial charge in [0.1, 0.15) is 0 Å². The zero-order valence-corrected chi connectivity index (χ0v) is 20.1. The van der Waals surface area contributed by atoms with Crippen molar-refractivity contribution in [1.82, 2.24) is 24.7 Å². The summed E-state index contributed by atoms with van der Waals surface area (Å²) in [6, 6.07) is 15.1. The van der Waals surface area contributed by atoms with Crippen molar-refractivity contribution in [2.75, 3.05) is 27.2 Å². The van der Waals surface area contributed by atoms with Gasteiger partial charge >= 0.3 is 5.97 Å². The van der Waals surface area contributed by atoms with Crippen LogP contribution in [0.2, 0.25) is 0 Å². The Kier molecular flexibility index (Phi) is 6.49. The lowest BCUT2D eigenvalue weighted by Gasteiger charge is -2.29. The van der Waals surface area contributed by atoms with E-state index in [1.807, 2.05) is 36.5 Å². The van der Waals surface area contributed by atoms with Crippen LogP contribution in [-0.2, 0) is 0 Å². The smallest absolute Gasteiger partial charge is 0.335 e. The third kappa shape index (κ3) is 4.49. The molecule has 0 bridgehead atoms. The Hall–Kier alpha value is -3.23. The molecular formula is C25H29N5O2S. The number of hydrogen-bond acceptors (Lipinski definition) is 4. The van der Waals surface area contributed by atoms with Crippen LogP contribution >= 0.6 is 12.2 Å². The molecule has 8 heteroatoms. The summed E-state index contributed by atoms with van der Waals surface area (Å²) >= 11 is 5.77. The Morgan fingerprint density at radius 1 is 1.18 bits per heavy atom. The van der Waals surface area contributed by atoms with Crippen LogP contribution in [0.4, 0.5) is 0 Å². The monoisotopic (exact) mass is 463 g/mol. The first kappa shape index (κ1) is 22.9. The van der Waals surface area contributed by atoms with E-state index in [9.17, 15) is 9.90 Å². The maximum Gasteiger partial charge on any atom is 0.335 e. The van der Waals surface area contributed by atoms with E-state index in [1.54, 1.807) is 12.1 Å². The molecule has 0 spiro atoms. The van der Waals surface area contributed by atoms with E-state index < -0.39 is 5.97 Å². The minimum atomic E-state index is -0.927. The Balaban J connectivity index is 1.78. The molecule has 1 aromatic carbocycles. The molecule has 1 saturated heterocycles. The van der Waals surface area contributed by atoms with E-state index >= 15 is 0 Å². The van der Waals surface area contributed by atoms with Crippen LogP contribution in [0.3, 0.4) is 0 Å². The van der Waals surface area contributed by atoms with Gasteiger partial charge in [-0.05, 0) is 88.2 Å². The Bertz CT molecular complexity index is 1160. The molecule has 3 aromatic rings. The second-order valence-corrected chi connectivity index (χ2v) is 9.02. The summed E-state index contributed by atoms with van der Waals surface area (Å²) in [7, 11) is 4.12. The molecule has 0 amide bonds. The van der Waals surface area contributed by atoms with E-state index in [2.05, 4.69) is 58.7 Å². The van der Waals surface area contributed by atoms with Crippen molar-refractivity contribution in [3.05, 3.63) is 82.9 Å². The van der Waals surface area contributed by atoms with E-state index in [4.69, 9.17) is 12.2 Å². The molecule has 2 atom stereocenters. The summed E-state index contributed by atoms with van der Waals surface area (Å²) in [4.78, 5) is 20.3. The number of nitrogens with zero attached hydrogens (tertiary/aromatic N) is 4. The number of pyridine rings is 1. The second-order valence-electron chi connectivity index (χ2n) is 8.64. The van der Waals surface area contributed by atoms with Crippen LogP contribution in [0.25, 0.3) is 5.69 Å². The fraction of sp³-hybridized carbons (Fsp3) is 0.320. The highest BCUT2D eigenvalue weighted by atomic mass is 32.1. The SMILES string of the molecule is Cc1cc([C@@H]2[C@@H](c3ccccn3)NC(=S)N2CCN(C)C)c(C)n1-c1ccc(C(=O)O)cc1. The highest BCUT2D eigenvalue weighted by Gasteiger charge is 2.41. The van der Waals surface area contributed by atoms with E-state index in [-0.39, 0.29) is 17.6 Å². The van der Waals surface area contributed by atoms with Crippen molar-refractivity contribution >= 4 is 23.3 Å². The number of carbonyl (C=O) groups is 1. The van der Waals surface area contributed by atoms with Gasteiger partial charge in [0, 0.05) is 36.4 Å². The summed E-state index contributed by atoms with van der Waals surface area (Å²) in [5.74, 6) is -0.927. The molecule has 1 fully saturated rings. The number of likely N-dealkylation sites (N-methyl/N-ethyl adjacent to an activating group) is 1. The zero-order chi connectivity index (χ0) is 23.7. The molecule has 2 aromatic heterocycles. The number of carboxylic acid groups (broad SMARTS) is 1. The number of carboxylic acids is 1. The highest BCUT2D eigenvalue weighted by molar-refractivity contribution is 7.80. The van der Waals surface area contributed by atoms with Crippen LogP contribution in [-0.4, -0.2) is 62.7 Å². The molecule has 2 N–H and O–H groups in total. The van der Waals surface area contributed by atoms with Gasteiger partial charge in [0.25, 0.3) is 0 Å². The van der Waals surface area contributed by atoms with E-state index in [0.29, 0.717) is 0 Å². The van der Waals surface area contributed by atoms with Crippen LogP contribution in [0.15, 0.2) is 54.7 Å². The van der Waals surface area contributed by atoms with Gasteiger partial charge in [-0.1, -0.05) is 6.07 Å². The van der Waals surface area contributed by atoms with E-state index in [0.717, 1.165) is 41.0 Å². The van der Waals surface area contributed by atoms with Crippen molar-refractivity contribution in [2.24, 2.45) is 0 Å². The molecule has 172 valence electrons. The normalized spacial score (nSPS) is 18.1. The van der Waals surface area contributed by atoms with Crippen LogP contribution in [0.5, 0.6) is 0 Å². The summed E-state index contributed by atoms with van der Waals surface area (Å²) < 4.78 is 2.17. The molecule has 3 heterocycles. The first-order valence-electron chi connectivity index (χ1n) is 10.9. The number of aromatic carboxylic acids is 1. The number of aryl methyl sites for hydroxylation is 1. The van der Waals surface area contributed by atoms with Gasteiger partial charge < -0.3 is 24.8 Å². The first-order chi connectivity index (χ1) is 15.8. The quantitative estimate of drug-likeness (QED) is 0.517. The largest absolute Gasteiger partial charge is 0.478 e. The third-order valence-electron chi connectivity index (χ3n) is 6.15. The maximum atomic E-state index is 11.3. The minimum Gasteiger partial charge on any atom is -0.478 e. The van der Waals surface area contributed by atoms with Gasteiger partial charge in [0.05, 0.1) is 23.3 Å². The first-order valence-corrected chi connectivity index (χ1v) is 11.3. The average Bonchev–Trinajstić information content (AvgIpc) is 3.27. The van der Waals surface area contributed by atoms with Gasteiger partial charge in [-0.15, -0.1) is 0 Å². The lowest BCUT2D eigenvalue weighted by Crippen LogP contribution is -2.35. The molecule has 4 rings (SSSR count). The summed E-state index contributed by atoms with van der Waals surface area (Å²) in [6.45, 7) is 5.85. The maximum absolute atomic E-state index is 11.3. The molecular weight excluding hydrogens is 434 g/mol. The second kappa shape index (κ2) is 9.33. The lowest BCUT2D eigenvalue weighted by molar-refractivity contribution is 0.0697. The Morgan fingerprint density at radius 2 is 1.91 bits per heavy atom. The van der Waals surface area contributed by atoms with Gasteiger partial charge in [0.15, 0.2) is 5.11 Å². The fourth-order valence-corrected chi connectivity index (χ4v) is 4.86. The molecule has 7 nitrogen and oxygen atoms in total. The van der Waals surface area contributed by atoms with Crippen molar-refractivity contribution < 1.29 is 9.90 Å². The van der Waals surface area contributed by atoms with Crippen LogP contribution in [0.1, 0.15) is 45.1 Å². The van der Waals surface area contributed by atoms with Gasteiger partial charge in [0.2, 0.25) is 0 Å². The highest BCUT2D eigenvalue weighted by Crippen LogP contribution is 2.41.